The maximum atomic E-state index is 11.2. The molecular formula is C13H14ClNO4. The minimum atomic E-state index is -1.11. The first-order chi connectivity index (χ1) is 8.71. The molecule has 1 aliphatic rings. The van der Waals surface area contributed by atoms with Gasteiger partial charge in [0.25, 0.3) is 0 Å². The number of halogens is 1. The lowest BCUT2D eigenvalue weighted by atomic mass is 9.98. The van der Waals surface area contributed by atoms with Gasteiger partial charge in [0.15, 0.2) is 0 Å². The summed E-state index contributed by atoms with van der Waals surface area (Å²) < 4.78 is 5.67. The Morgan fingerprint density at radius 2 is 2.11 bits per heavy atom. The number of aromatic carboxylic acids is 1. The first kappa shape index (κ1) is 13.7. The van der Waals surface area contributed by atoms with Crippen molar-refractivity contribution in [2.45, 2.75) is 32.8 Å². The zero-order valence-corrected chi connectivity index (χ0v) is 11.6. The summed E-state index contributed by atoms with van der Waals surface area (Å²) in [6.07, 6.45) is 0.485. The van der Waals surface area contributed by atoms with Crippen molar-refractivity contribution in [3.05, 3.63) is 22.2 Å². The molecule has 19 heavy (non-hydrogen) atoms. The topological polar surface area (TPSA) is 75.6 Å². The molecule has 5 nitrogen and oxygen atoms in total. The molecule has 0 fully saturated rings. The first-order valence-corrected chi connectivity index (χ1v) is 6.14. The van der Waals surface area contributed by atoms with E-state index < -0.39 is 11.6 Å². The lowest BCUT2D eigenvalue weighted by Gasteiger charge is -2.17. The van der Waals surface area contributed by atoms with E-state index >= 15 is 0 Å². The highest BCUT2D eigenvalue weighted by atomic mass is 35.5. The van der Waals surface area contributed by atoms with E-state index in [1.54, 1.807) is 0 Å². The number of nitrogens with one attached hydrogen (secondary N) is 1. The number of hydrogen-bond acceptors (Lipinski definition) is 3. The average Bonchev–Trinajstić information content (AvgIpc) is 2.56. The summed E-state index contributed by atoms with van der Waals surface area (Å²) in [5, 5.41) is 12.0. The van der Waals surface area contributed by atoms with Crippen LogP contribution in [0.15, 0.2) is 6.07 Å². The van der Waals surface area contributed by atoms with Crippen molar-refractivity contribution >= 4 is 29.2 Å². The van der Waals surface area contributed by atoms with Gasteiger partial charge in [-0.2, -0.15) is 0 Å². The van der Waals surface area contributed by atoms with Crippen molar-refractivity contribution in [3.8, 4) is 5.75 Å². The lowest BCUT2D eigenvalue weighted by molar-refractivity contribution is -0.114. The Balaban J connectivity index is 2.65. The summed E-state index contributed by atoms with van der Waals surface area (Å²) in [5.74, 6) is -1.09. The highest BCUT2D eigenvalue weighted by molar-refractivity contribution is 6.34. The molecule has 1 aromatic rings. The molecule has 102 valence electrons. The van der Waals surface area contributed by atoms with Crippen LogP contribution in [0, 0.1) is 0 Å². The van der Waals surface area contributed by atoms with E-state index in [9.17, 15) is 14.7 Å². The van der Waals surface area contributed by atoms with E-state index in [4.69, 9.17) is 16.3 Å². The maximum Gasteiger partial charge on any atom is 0.339 e. The van der Waals surface area contributed by atoms with Gasteiger partial charge in [-0.05, 0) is 19.9 Å². The van der Waals surface area contributed by atoms with E-state index in [0.717, 1.165) is 0 Å². The van der Waals surface area contributed by atoms with Gasteiger partial charge in [0.2, 0.25) is 5.91 Å². The molecule has 1 aliphatic heterocycles. The van der Waals surface area contributed by atoms with Gasteiger partial charge < -0.3 is 15.2 Å². The molecule has 0 saturated heterocycles. The summed E-state index contributed by atoms with van der Waals surface area (Å²) in [7, 11) is 0. The minimum Gasteiger partial charge on any atom is -0.486 e. The van der Waals surface area contributed by atoms with Crippen LogP contribution < -0.4 is 10.1 Å². The number of carbonyl (C=O) groups is 2. The van der Waals surface area contributed by atoms with Crippen LogP contribution in [0.5, 0.6) is 5.75 Å². The number of hydrogen-bond donors (Lipinski definition) is 2. The van der Waals surface area contributed by atoms with Crippen molar-refractivity contribution in [2.24, 2.45) is 0 Å². The van der Waals surface area contributed by atoms with Gasteiger partial charge in [0, 0.05) is 18.9 Å². The van der Waals surface area contributed by atoms with Gasteiger partial charge in [0.05, 0.1) is 10.7 Å². The molecule has 0 radical (unpaired) electrons. The number of benzene rings is 1. The van der Waals surface area contributed by atoms with Crippen molar-refractivity contribution in [2.75, 3.05) is 5.32 Å². The number of fused-ring (bicyclic) bond motifs is 1. The molecule has 0 aliphatic carbocycles. The molecule has 0 saturated carbocycles. The Morgan fingerprint density at radius 3 is 2.63 bits per heavy atom. The predicted molar refractivity (Wildman–Crippen MR) is 71.1 cm³/mol. The third-order valence-electron chi connectivity index (χ3n) is 2.84. The number of carbonyl (C=O) groups excluding carboxylic acids is 1. The highest BCUT2D eigenvalue weighted by Crippen LogP contribution is 2.45. The first-order valence-electron chi connectivity index (χ1n) is 5.76. The number of rotatable bonds is 2. The third-order valence-corrected chi connectivity index (χ3v) is 3.14. The average molecular weight is 284 g/mol. The van der Waals surface area contributed by atoms with E-state index in [-0.39, 0.29) is 22.2 Å². The Hall–Kier alpha value is -1.75. The summed E-state index contributed by atoms with van der Waals surface area (Å²) in [4.78, 5) is 22.4. The van der Waals surface area contributed by atoms with E-state index in [0.29, 0.717) is 17.7 Å². The summed E-state index contributed by atoms with van der Waals surface area (Å²) >= 11 is 6.06. The lowest BCUT2D eigenvalue weighted by Crippen LogP contribution is -2.25. The van der Waals surface area contributed by atoms with Crippen LogP contribution in [0.25, 0.3) is 0 Å². The second kappa shape index (κ2) is 4.42. The monoisotopic (exact) mass is 283 g/mol. The molecule has 2 rings (SSSR count). The van der Waals surface area contributed by atoms with Gasteiger partial charge in [0.1, 0.15) is 16.9 Å². The Morgan fingerprint density at radius 1 is 1.47 bits per heavy atom. The van der Waals surface area contributed by atoms with Crippen LogP contribution in [0.1, 0.15) is 36.7 Å². The Labute approximate surface area is 115 Å². The summed E-state index contributed by atoms with van der Waals surface area (Å²) in [6, 6.07) is 1.30. The zero-order chi connectivity index (χ0) is 14.4. The third kappa shape index (κ3) is 2.51. The van der Waals surface area contributed by atoms with Crippen LogP contribution in [-0.2, 0) is 11.2 Å². The molecule has 1 aromatic carbocycles. The molecule has 6 heteroatoms. The van der Waals surface area contributed by atoms with E-state index in [1.807, 2.05) is 13.8 Å². The van der Waals surface area contributed by atoms with Crippen LogP contribution in [0.3, 0.4) is 0 Å². The van der Waals surface area contributed by atoms with Gasteiger partial charge in [-0.1, -0.05) is 11.6 Å². The Bertz CT molecular complexity index is 580. The van der Waals surface area contributed by atoms with Gasteiger partial charge in [-0.3, -0.25) is 4.79 Å². The molecular weight excluding hydrogens is 270 g/mol. The largest absolute Gasteiger partial charge is 0.486 e. The van der Waals surface area contributed by atoms with Crippen LogP contribution in [0.2, 0.25) is 5.02 Å². The van der Waals surface area contributed by atoms with Crippen molar-refractivity contribution < 1.29 is 19.4 Å². The minimum absolute atomic E-state index is 0.0136. The van der Waals surface area contributed by atoms with Crippen LogP contribution in [-0.4, -0.2) is 22.6 Å². The molecule has 0 bridgehead atoms. The van der Waals surface area contributed by atoms with Crippen molar-refractivity contribution in [1.82, 2.24) is 0 Å². The second-order valence-corrected chi connectivity index (χ2v) is 5.52. The summed E-state index contributed by atoms with van der Waals surface area (Å²) in [6.45, 7) is 5.07. The standard InChI is InChI=1S/C13H14ClNO4/c1-6(16)15-10-8-5-13(2,3)19-11(8)7(12(17)18)4-9(10)14/h4H,5H2,1-3H3,(H,15,16)(H,17,18). The summed E-state index contributed by atoms with van der Waals surface area (Å²) in [5.41, 5.74) is 0.550. The van der Waals surface area contributed by atoms with Crippen molar-refractivity contribution in [3.63, 3.8) is 0 Å². The highest BCUT2D eigenvalue weighted by Gasteiger charge is 2.36. The zero-order valence-electron chi connectivity index (χ0n) is 10.8. The molecule has 2 N–H and O–H groups in total. The number of carboxylic acid groups (broad SMARTS) is 1. The fraction of sp³-hybridized carbons (Fsp3) is 0.385. The number of ether oxygens (including phenoxy) is 1. The quantitative estimate of drug-likeness (QED) is 0.875. The normalized spacial score (nSPS) is 15.6. The molecule has 0 aromatic heterocycles. The predicted octanol–water partition coefficient (Wildman–Crippen LogP) is 2.71. The number of anilines is 1. The number of amides is 1. The SMILES string of the molecule is CC(=O)Nc1c(Cl)cc(C(=O)O)c2c1CC(C)(C)O2. The van der Waals surface area contributed by atoms with E-state index in [1.165, 1.54) is 13.0 Å². The van der Waals surface area contributed by atoms with Gasteiger partial charge in [-0.15, -0.1) is 0 Å². The fourth-order valence-electron chi connectivity index (χ4n) is 2.18. The van der Waals surface area contributed by atoms with E-state index in [2.05, 4.69) is 5.32 Å². The molecule has 0 atom stereocenters. The van der Waals surface area contributed by atoms with Gasteiger partial charge >= 0.3 is 5.97 Å². The number of carboxylic acids is 1. The smallest absolute Gasteiger partial charge is 0.339 e. The second-order valence-electron chi connectivity index (χ2n) is 5.11. The molecule has 1 amide bonds. The molecule has 0 unspecified atom stereocenters. The fourth-order valence-corrected chi connectivity index (χ4v) is 2.45. The van der Waals surface area contributed by atoms with Crippen LogP contribution >= 0.6 is 11.6 Å². The Kier molecular flexibility index (Phi) is 3.18. The van der Waals surface area contributed by atoms with Crippen molar-refractivity contribution in [1.29, 1.82) is 0 Å². The van der Waals surface area contributed by atoms with Crippen LogP contribution in [0.4, 0.5) is 5.69 Å². The molecule has 0 spiro atoms. The maximum absolute atomic E-state index is 11.2. The molecule has 1 heterocycles. The van der Waals surface area contributed by atoms with Gasteiger partial charge in [-0.25, -0.2) is 4.79 Å².